The highest BCUT2D eigenvalue weighted by molar-refractivity contribution is 5.89. The zero-order chi connectivity index (χ0) is 13.0. The van der Waals surface area contributed by atoms with Crippen LogP contribution in [0, 0.1) is 10.1 Å². The summed E-state index contributed by atoms with van der Waals surface area (Å²) < 4.78 is 0. The molecule has 1 N–H and O–H groups in total. The lowest BCUT2D eigenvalue weighted by Crippen LogP contribution is -2.18. The summed E-state index contributed by atoms with van der Waals surface area (Å²) in [6.45, 7) is 0. The summed E-state index contributed by atoms with van der Waals surface area (Å²) in [6.07, 6.45) is 4.88. The van der Waals surface area contributed by atoms with Gasteiger partial charge in [0.2, 0.25) is 0 Å². The quantitative estimate of drug-likeness (QED) is 0.653. The molecule has 0 heterocycles. The van der Waals surface area contributed by atoms with Gasteiger partial charge >= 0.3 is 5.97 Å². The lowest BCUT2D eigenvalue weighted by Gasteiger charge is -2.06. The number of hydroxylamine groups is 1. The molecule has 18 heavy (non-hydrogen) atoms. The van der Waals surface area contributed by atoms with Gasteiger partial charge in [-0.05, 0) is 31.4 Å². The number of hydrogen-bond donors (Lipinski definition) is 1. The van der Waals surface area contributed by atoms with Crippen LogP contribution in [0.4, 0.5) is 5.69 Å². The Balaban J connectivity index is 1.94. The number of nitrogens with zero attached hydrogens (tertiary/aromatic N) is 1. The molecule has 1 aliphatic rings. The first kappa shape index (κ1) is 12.1. The Morgan fingerprint density at radius 2 is 2.06 bits per heavy atom. The van der Waals surface area contributed by atoms with Gasteiger partial charge < -0.3 is 4.84 Å². The molecule has 0 bridgehead atoms. The summed E-state index contributed by atoms with van der Waals surface area (Å²) in [5.41, 5.74) is 3.70. The summed E-state index contributed by atoms with van der Waals surface area (Å²) in [5, 5.41) is 10.5. The number of carbonyl (C=O) groups is 1. The Kier molecular flexibility index (Phi) is 3.57. The van der Waals surface area contributed by atoms with Crippen molar-refractivity contribution < 1.29 is 14.6 Å². The van der Waals surface area contributed by atoms with Crippen LogP contribution >= 0.6 is 0 Å². The Morgan fingerprint density at radius 3 is 2.61 bits per heavy atom. The van der Waals surface area contributed by atoms with Gasteiger partial charge in [-0.1, -0.05) is 6.08 Å². The lowest BCUT2D eigenvalue weighted by molar-refractivity contribution is -0.384. The van der Waals surface area contributed by atoms with Crippen molar-refractivity contribution in [2.45, 2.75) is 19.3 Å². The van der Waals surface area contributed by atoms with Crippen molar-refractivity contribution >= 4 is 11.7 Å². The number of non-ortho nitro benzene ring substituents is 1. The molecule has 1 aromatic rings. The predicted molar refractivity (Wildman–Crippen MR) is 63.6 cm³/mol. The standard InChI is InChI=1S/C12H12N2O4/c15-12(18-13-10-3-1-2-4-10)9-5-7-11(8-6-9)14(16)17/h3,5-8,13H,1-2,4H2. The van der Waals surface area contributed by atoms with Gasteiger partial charge in [-0.15, -0.1) is 0 Å². The van der Waals surface area contributed by atoms with E-state index in [1.54, 1.807) is 0 Å². The maximum Gasteiger partial charge on any atom is 0.362 e. The molecule has 0 fully saturated rings. The van der Waals surface area contributed by atoms with Crippen LogP contribution in [0.15, 0.2) is 36.0 Å². The Bertz CT molecular complexity index is 493. The van der Waals surface area contributed by atoms with Crippen LogP contribution in [0.3, 0.4) is 0 Å². The fourth-order valence-electron chi connectivity index (χ4n) is 1.65. The SMILES string of the molecule is O=C(ONC1=CCCC1)c1ccc([N+](=O)[O-])cc1. The number of benzene rings is 1. The molecule has 0 aliphatic heterocycles. The van der Waals surface area contributed by atoms with E-state index in [2.05, 4.69) is 5.48 Å². The van der Waals surface area contributed by atoms with Crippen LogP contribution in [0.2, 0.25) is 0 Å². The Hall–Kier alpha value is -2.37. The largest absolute Gasteiger partial charge is 0.362 e. The van der Waals surface area contributed by atoms with Gasteiger partial charge in [0.25, 0.3) is 5.69 Å². The molecule has 6 nitrogen and oxygen atoms in total. The number of nitrogens with one attached hydrogen (secondary N) is 1. The molecule has 0 radical (unpaired) electrons. The van der Waals surface area contributed by atoms with E-state index in [0.29, 0.717) is 0 Å². The summed E-state index contributed by atoms with van der Waals surface area (Å²) in [5.74, 6) is -0.558. The summed E-state index contributed by atoms with van der Waals surface area (Å²) in [6, 6.07) is 5.27. The fraction of sp³-hybridized carbons (Fsp3) is 0.250. The third-order valence-electron chi connectivity index (χ3n) is 2.63. The Labute approximate surface area is 103 Å². The third kappa shape index (κ3) is 2.85. The fourth-order valence-corrected chi connectivity index (χ4v) is 1.65. The molecule has 2 rings (SSSR count). The zero-order valence-electron chi connectivity index (χ0n) is 9.59. The normalized spacial score (nSPS) is 13.9. The van der Waals surface area contributed by atoms with Gasteiger partial charge in [0.05, 0.1) is 10.5 Å². The maximum atomic E-state index is 11.6. The molecule has 0 saturated heterocycles. The minimum Gasteiger partial charge on any atom is -0.338 e. The van der Waals surface area contributed by atoms with Crippen molar-refractivity contribution in [3.05, 3.63) is 51.7 Å². The van der Waals surface area contributed by atoms with E-state index in [1.165, 1.54) is 24.3 Å². The Morgan fingerprint density at radius 1 is 1.33 bits per heavy atom. The average Bonchev–Trinajstić information content (AvgIpc) is 2.89. The molecular formula is C12H12N2O4. The first-order valence-corrected chi connectivity index (χ1v) is 5.57. The third-order valence-corrected chi connectivity index (χ3v) is 2.63. The van der Waals surface area contributed by atoms with Crippen LogP contribution in [-0.4, -0.2) is 10.9 Å². The second-order valence-corrected chi connectivity index (χ2v) is 3.92. The van der Waals surface area contributed by atoms with E-state index >= 15 is 0 Å². The number of nitro benzene ring substituents is 1. The molecule has 0 aromatic heterocycles. The average molecular weight is 248 g/mol. The van der Waals surface area contributed by atoms with E-state index in [4.69, 9.17) is 4.84 Å². The van der Waals surface area contributed by atoms with Gasteiger partial charge in [-0.3, -0.25) is 10.1 Å². The highest BCUT2D eigenvalue weighted by Gasteiger charge is 2.12. The van der Waals surface area contributed by atoms with Gasteiger partial charge in [-0.25, -0.2) is 10.3 Å². The van der Waals surface area contributed by atoms with Crippen LogP contribution < -0.4 is 5.48 Å². The number of rotatable bonds is 4. The summed E-state index contributed by atoms with van der Waals surface area (Å²) in [7, 11) is 0. The highest BCUT2D eigenvalue weighted by Crippen LogP contribution is 2.15. The van der Waals surface area contributed by atoms with Crippen LogP contribution in [0.25, 0.3) is 0 Å². The highest BCUT2D eigenvalue weighted by atomic mass is 16.7. The van der Waals surface area contributed by atoms with Crippen LogP contribution in [0.5, 0.6) is 0 Å². The van der Waals surface area contributed by atoms with Crippen molar-refractivity contribution in [2.75, 3.05) is 0 Å². The number of carbonyl (C=O) groups excluding carboxylic acids is 1. The van der Waals surface area contributed by atoms with Crippen molar-refractivity contribution in [1.82, 2.24) is 5.48 Å². The molecular weight excluding hydrogens is 236 g/mol. The van der Waals surface area contributed by atoms with Crippen molar-refractivity contribution in [3.8, 4) is 0 Å². The van der Waals surface area contributed by atoms with Crippen molar-refractivity contribution in [2.24, 2.45) is 0 Å². The maximum absolute atomic E-state index is 11.6. The molecule has 0 atom stereocenters. The van der Waals surface area contributed by atoms with E-state index in [1.807, 2.05) is 6.08 Å². The number of hydrogen-bond acceptors (Lipinski definition) is 5. The molecule has 0 saturated carbocycles. The van der Waals surface area contributed by atoms with Gasteiger partial charge in [0.15, 0.2) is 0 Å². The first-order valence-electron chi connectivity index (χ1n) is 5.57. The molecule has 0 spiro atoms. The van der Waals surface area contributed by atoms with E-state index < -0.39 is 10.9 Å². The second kappa shape index (κ2) is 5.31. The molecule has 0 amide bonds. The molecule has 94 valence electrons. The topological polar surface area (TPSA) is 81.5 Å². The zero-order valence-corrected chi connectivity index (χ0v) is 9.59. The van der Waals surface area contributed by atoms with Crippen LogP contribution in [-0.2, 0) is 4.84 Å². The minimum atomic E-state index is -0.558. The smallest absolute Gasteiger partial charge is 0.338 e. The molecule has 0 unspecified atom stereocenters. The van der Waals surface area contributed by atoms with E-state index in [9.17, 15) is 14.9 Å². The molecule has 1 aromatic carbocycles. The van der Waals surface area contributed by atoms with Crippen molar-refractivity contribution in [1.29, 1.82) is 0 Å². The second-order valence-electron chi connectivity index (χ2n) is 3.92. The van der Waals surface area contributed by atoms with Gasteiger partial charge in [0.1, 0.15) is 0 Å². The number of allylic oxidation sites excluding steroid dienone is 2. The first-order chi connectivity index (χ1) is 8.66. The lowest BCUT2D eigenvalue weighted by atomic mass is 10.2. The monoisotopic (exact) mass is 248 g/mol. The number of nitro groups is 1. The van der Waals surface area contributed by atoms with Crippen LogP contribution in [0.1, 0.15) is 29.6 Å². The predicted octanol–water partition coefficient (Wildman–Crippen LogP) is 2.32. The summed E-state index contributed by atoms with van der Waals surface area (Å²) >= 11 is 0. The molecule has 1 aliphatic carbocycles. The molecule has 6 heteroatoms. The minimum absolute atomic E-state index is 0.0574. The van der Waals surface area contributed by atoms with E-state index in [0.717, 1.165) is 25.0 Å². The van der Waals surface area contributed by atoms with Gasteiger partial charge in [-0.2, -0.15) is 0 Å². The summed E-state index contributed by atoms with van der Waals surface area (Å²) in [4.78, 5) is 26.4. The van der Waals surface area contributed by atoms with Crippen molar-refractivity contribution in [3.63, 3.8) is 0 Å². The van der Waals surface area contributed by atoms with Gasteiger partial charge in [0, 0.05) is 17.8 Å². The van der Waals surface area contributed by atoms with E-state index in [-0.39, 0.29) is 11.3 Å².